The van der Waals surface area contributed by atoms with Gasteiger partial charge < -0.3 is 15.2 Å². The third-order valence-electron chi connectivity index (χ3n) is 4.53. The van der Waals surface area contributed by atoms with E-state index < -0.39 is 0 Å². The summed E-state index contributed by atoms with van der Waals surface area (Å²) in [4.78, 5) is 9.29. The molecule has 2 N–H and O–H groups in total. The van der Waals surface area contributed by atoms with E-state index in [1.807, 2.05) is 4.68 Å². The molecule has 1 aliphatic heterocycles. The lowest BCUT2D eigenvalue weighted by atomic mass is 10.1. The van der Waals surface area contributed by atoms with Gasteiger partial charge in [-0.3, -0.25) is 4.99 Å². The number of rotatable bonds is 7. The van der Waals surface area contributed by atoms with Crippen LogP contribution in [0.5, 0.6) is 0 Å². The van der Waals surface area contributed by atoms with Crippen molar-refractivity contribution in [1.82, 2.24) is 40.2 Å². The van der Waals surface area contributed by atoms with E-state index in [0.717, 1.165) is 68.8 Å². The maximum absolute atomic E-state index is 4.71. The number of hydrogen-bond donors (Lipinski definition) is 2. The first-order valence-electron chi connectivity index (χ1n) is 9.57. The molecule has 0 fully saturated rings. The molecule has 1 atom stereocenters. The topological polar surface area (TPSA) is 97.8 Å². The number of nitrogens with zero attached hydrogens (tertiary/aromatic N) is 7. The van der Waals surface area contributed by atoms with Crippen LogP contribution in [0.2, 0.25) is 0 Å². The Labute approximate surface area is 154 Å². The first-order chi connectivity index (χ1) is 12.7. The molecule has 2 aromatic rings. The van der Waals surface area contributed by atoms with Crippen LogP contribution in [0, 0.1) is 0 Å². The Morgan fingerprint density at radius 2 is 2.19 bits per heavy atom. The molecule has 1 unspecified atom stereocenters. The highest BCUT2D eigenvalue weighted by atomic mass is 15.4. The van der Waals surface area contributed by atoms with Gasteiger partial charge in [0.05, 0.1) is 13.1 Å². The molecular formula is C17H29N9. The molecule has 0 spiro atoms. The average molecular weight is 359 g/mol. The Morgan fingerprint density at radius 1 is 1.31 bits per heavy atom. The minimum absolute atomic E-state index is 0.313. The molecule has 0 radical (unpaired) electrons. The smallest absolute Gasteiger partial charge is 0.191 e. The Morgan fingerprint density at radius 3 is 2.96 bits per heavy atom. The van der Waals surface area contributed by atoms with Crippen LogP contribution in [0.25, 0.3) is 0 Å². The van der Waals surface area contributed by atoms with Crippen molar-refractivity contribution in [3.8, 4) is 0 Å². The zero-order valence-electron chi connectivity index (χ0n) is 15.9. The molecule has 9 heteroatoms. The number of aliphatic imine (C=N–C) groups is 1. The van der Waals surface area contributed by atoms with E-state index in [0.29, 0.717) is 12.6 Å². The molecular weight excluding hydrogens is 330 g/mol. The van der Waals surface area contributed by atoms with Gasteiger partial charge in [0.2, 0.25) is 0 Å². The number of aromatic nitrogens is 6. The minimum Gasteiger partial charge on any atom is -0.357 e. The van der Waals surface area contributed by atoms with Crippen LogP contribution < -0.4 is 10.6 Å². The second-order valence-electron chi connectivity index (χ2n) is 6.41. The number of nitrogens with one attached hydrogen (secondary N) is 2. The number of fused-ring (bicyclic) bond motifs is 1. The predicted molar refractivity (Wildman–Crippen MR) is 100 cm³/mol. The van der Waals surface area contributed by atoms with Crippen molar-refractivity contribution in [2.24, 2.45) is 4.99 Å². The van der Waals surface area contributed by atoms with Gasteiger partial charge in [-0.2, -0.15) is 5.10 Å². The molecule has 26 heavy (non-hydrogen) atoms. The van der Waals surface area contributed by atoms with E-state index in [-0.39, 0.29) is 0 Å². The first kappa shape index (κ1) is 18.3. The summed E-state index contributed by atoms with van der Waals surface area (Å²) in [6.45, 7) is 9.38. The molecule has 0 bridgehead atoms. The average Bonchev–Trinajstić information content (AvgIpc) is 3.27. The molecule has 2 aromatic heterocycles. The Bertz CT molecular complexity index is 730. The van der Waals surface area contributed by atoms with Crippen molar-refractivity contribution >= 4 is 5.96 Å². The fourth-order valence-electron chi connectivity index (χ4n) is 3.15. The molecule has 9 nitrogen and oxygen atoms in total. The van der Waals surface area contributed by atoms with Gasteiger partial charge in [-0.15, -0.1) is 10.2 Å². The summed E-state index contributed by atoms with van der Waals surface area (Å²) in [6, 6.07) is 0.313. The van der Waals surface area contributed by atoms with Crippen LogP contribution in [0.15, 0.2) is 11.3 Å². The van der Waals surface area contributed by atoms with Gasteiger partial charge in [-0.25, -0.2) is 9.67 Å². The maximum atomic E-state index is 4.71. The normalized spacial score (nSPS) is 17.2. The number of guanidine groups is 1. The zero-order chi connectivity index (χ0) is 18.4. The highest BCUT2D eigenvalue weighted by Crippen LogP contribution is 2.13. The summed E-state index contributed by atoms with van der Waals surface area (Å²) in [7, 11) is 0. The van der Waals surface area contributed by atoms with Crippen molar-refractivity contribution in [1.29, 1.82) is 0 Å². The standard InChI is InChI=1S/C17H29N9/c1-4-14-22-16-8-7-13(11-26(16)24-14)21-17(18-6-3)19-9-10-25-12-20-23-15(25)5-2/h12-13H,4-11H2,1-3H3,(H2,18,19,21). The largest absolute Gasteiger partial charge is 0.357 e. The lowest BCUT2D eigenvalue weighted by Crippen LogP contribution is -2.47. The number of hydrogen-bond acceptors (Lipinski definition) is 5. The third-order valence-corrected chi connectivity index (χ3v) is 4.53. The van der Waals surface area contributed by atoms with Crippen LogP contribution in [0.3, 0.4) is 0 Å². The lowest BCUT2D eigenvalue weighted by Gasteiger charge is -2.25. The summed E-state index contributed by atoms with van der Waals surface area (Å²) < 4.78 is 4.09. The van der Waals surface area contributed by atoms with Crippen molar-refractivity contribution < 1.29 is 0 Å². The van der Waals surface area contributed by atoms with Crippen molar-refractivity contribution in [2.75, 3.05) is 13.1 Å². The molecule has 0 saturated heterocycles. The van der Waals surface area contributed by atoms with E-state index in [4.69, 9.17) is 4.99 Å². The van der Waals surface area contributed by atoms with Gasteiger partial charge in [0, 0.05) is 38.4 Å². The van der Waals surface area contributed by atoms with Crippen LogP contribution in [-0.4, -0.2) is 54.6 Å². The van der Waals surface area contributed by atoms with E-state index in [1.165, 1.54) is 0 Å². The van der Waals surface area contributed by atoms with Gasteiger partial charge >= 0.3 is 0 Å². The molecule has 142 valence electrons. The minimum atomic E-state index is 0.313. The van der Waals surface area contributed by atoms with E-state index in [2.05, 4.69) is 56.3 Å². The predicted octanol–water partition coefficient (Wildman–Crippen LogP) is 0.565. The van der Waals surface area contributed by atoms with Crippen LogP contribution >= 0.6 is 0 Å². The molecule has 0 saturated carbocycles. The SMILES string of the molecule is CCNC(=NCCn1cnnc1CC)NC1CCc2nc(CC)nn2C1. The van der Waals surface area contributed by atoms with Gasteiger partial charge in [0.25, 0.3) is 0 Å². The van der Waals surface area contributed by atoms with Crippen LogP contribution in [0.1, 0.15) is 44.7 Å². The lowest BCUT2D eigenvalue weighted by molar-refractivity contribution is 0.392. The monoisotopic (exact) mass is 359 g/mol. The fourth-order valence-corrected chi connectivity index (χ4v) is 3.15. The van der Waals surface area contributed by atoms with E-state index >= 15 is 0 Å². The van der Waals surface area contributed by atoms with Crippen molar-refractivity contribution in [2.45, 2.75) is 65.6 Å². The summed E-state index contributed by atoms with van der Waals surface area (Å²) in [5.41, 5.74) is 0. The first-order valence-corrected chi connectivity index (χ1v) is 9.57. The van der Waals surface area contributed by atoms with E-state index in [9.17, 15) is 0 Å². The summed E-state index contributed by atoms with van der Waals surface area (Å²) in [5.74, 6) is 3.88. The maximum Gasteiger partial charge on any atom is 0.191 e. The van der Waals surface area contributed by atoms with E-state index in [1.54, 1.807) is 6.33 Å². The van der Waals surface area contributed by atoms with Crippen molar-refractivity contribution in [3.05, 3.63) is 23.8 Å². The molecule has 3 heterocycles. The summed E-state index contributed by atoms with van der Waals surface area (Å²) >= 11 is 0. The molecule has 1 aliphatic rings. The highest BCUT2D eigenvalue weighted by molar-refractivity contribution is 5.80. The summed E-state index contributed by atoms with van der Waals surface area (Å²) in [6.07, 6.45) is 5.52. The second kappa shape index (κ2) is 8.77. The number of aryl methyl sites for hydroxylation is 3. The quantitative estimate of drug-likeness (QED) is 0.554. The van der Waals surface area contributed by atoms with Gasteiger partial charge in [0.15, 0.2) is 11.8 Å². The second-order valence-corrected chi connectivity index (χ2v) is 6.41. The summed E-state index contributed by atoms with van der Waals surface area (Å²) in [5, 5.41) is 19.5. The zero-order valence-corrected chi connectivity index (χ0v) is 15.9. The molecule has 0 aliphatic carbocycles. The molecule has 0 aromatic carbocycles. The molecule has 3 rings (SSSR count). The van der Waals surface area contributed by atoms with Gasteiger partial charge in [-0.05, 0) is 13.3 Å². The molecule has 0 amide bonds. The highest BCUT2D eigenvalue weighted by Gasteiger charge is 2.22. The fraction of sp³-hybridized carbons (Fsp3) is 0.706. The Kier molecular flexibility index (Phi) is 6.19. The van der Waals surface area contributed by atoms with Crippen LogP contribution in [-0.2, 0) is 32.4 Å². The Hall–Kier alpha value is -2.45. The Balaban J connectivity index is 1.57. The van der Waals surface area contributed by atoms with Crippen LogP contribution in [0.4, 0.5) is 0 Å². The van der Waals surface area contributed by atoms with Gasteiger partial charge in [-0.1, -0.05) is 13.8 Å². The van der Waals surface area contributed by atoms with Gasteiger partial charge in [0.1, 0.15) is 18.0 Å². The third kappa shape index (κ3) is 4.39. The van der Waals surface area contributed by atoms with Crippen molar-refractivity contribution in [3.63, 3.8) is 0 Å².